The molecule has 1 unspecified atom stereocenters. The molecule has 3 aliphatic heterocycles. The number of rotatable bonds is 3. The number of fused-ring (bicyclic) bond motifs is 1. The van der Waals surface area contributed by atoms with E-state index in [9.17, 15) is 14.7 Å². The fourth-order valence-electron chi connectivity index (χ4n) is 4.67. The summed E-state index contributed by atoms with van der Waals surface area (Å²) in [5, 5.41) is 14.9. The van der Waals surface area contributed by atoms with Crippen LogP contribution in [-0.4, -0.2) is 61.1 Å². The van der Waals surface area contributed by atoms with Crippen molar-refractivity contribution in [2.75, 3.05) is 43.6 Å². The van der Waals surface area contributed by atoms with Gasteiger partial charge in [-0.3, -0.25) is 9.69 Å². The van der Waals surface area contributed by atoms with Crippen molar-refractivity contribution < 1.29 is 28.9 Å². The quantitative estimate of drug-likeness (QED) is 0.648. The van der Waals surface area contributed by atoms with Gasteiger partial charge in [-0.1, -0.05) is 22.0 Å². The van der Waals surface area contributed by atoms with E-state index in [1.54, 1.807) is 47.4 Å². The molecule has 10 heteroatoms. The van der Waals surface area contributed by atoms with Crippen LogP contribution in [-0.2, 0) is 20.0 Å². The largest absolute Gasteiger partial charge is 0.497 e. The molecule has 1 atom stereocenters. The molecule has 5 rings (SSSR count). The molecule has 0 aliphatic carbocycles. The number of urea groups is 1. The molecule has 2 aromatic carbocycles. The van der Waals surface area contributed by atoms with Crippen LogP contribution in [0.2, 0.25) is 0 Å². The third-order valence-corrected chi connectivity index (χ3v) is 6.85. The Labute approximate surface area is 199 Å². The average molecular weight is 518 g/mol. The first-order valence-electron chi connectivity index (χ1n) is 10.7. The Morgan fingerprint density at radius 2 is 1.88 bits per heavy atom. The third-order valence-electron chi connectivity index (χ3n) is 6.36. The van der Waals surface area contributed by atoms with E-state index in [1.807, 2.05) is 0 Å². The molecule has 3 heterocycles. The van der Waals surface area contributed by atoms with Crippen LogP contribution in [0.15, 0.2) is 46.9 Å². The molecule has 2 N–H and O–H groups in total. The van der Waals surface area contributed by atoms with Crippen molar-refractivity contribution in [3.63, 3.8) is 0 Å². The fourth-order valence-corrected chi connectivity index (χ4v) is 5.03. The summed E-state index contributed by atoms with van der Waals surface area (Å²) in [5.74, 6) is -0.769. The van der Waals surface area contributed by atoms with Crippen LogP contribution in [0.5, 0.6) is 5.75 Å². The van der Waals surface area contributed by atoms with E-state index in [-0.39, 0.29) is 5.56 Å². The predicted molar refractivity (Wildman–Crippen MR) is 123 cm³/mol. The lowest BCUT2D eigenvalue weighted by atomic mass is 9.93. The van der Waals surface area contributed by atoms with Crippen LogP contribution in [0.1, 0.15) is 18.4 Å². The van der Waals surface area contributed by atoms with E-state index < -0.39 is 23.5 Å². The summed E-state index contributed by atoms with van der Waals surface area (Å²) in [5.41, 5.74) is -1.30. The molecule has 3 amide bonds. The maximum absolute atomic E-state index is 14.0. The zero-order valence-corrected chi connectivity index (χ0v) is 19.6. The molecule has 0 aromatic heterocycles. The third kappa shape index (κ3) is 3.67. The van der Waals surface area contributed by atoms with Crippen molar-refractivity contribution in [3.05, 3.63) is 52.5 Å². The maximum atomic E-state index is 14.0. The Morgan fingerprint density at radius 1 is 1.15 bits per heavy atom. The van der Waals surface area contributed by atoms with E-state index in [0.29, 0.717) is 60.7 Å². The number of anilines is 2. The highest BCUT2D eigenvalue weighted by molar-refractivity contribution is 9.10. The number of piperidine rings is 1. The molecule has 2 aromatic rings. The number of hydrogen-bond donors (Lipinski definition) is 2. The van der Waals surface area contributed by atoms with E-state index in [1.165, 1.54) is 7.11 Å². The molecule has 33 heavy (non-hydrogen) atoms. The molecule has 9 nitrogen and oxygen atoms in total. The molecule has 1 spiro atoms. The number of nitrogens with zero attached hydrogens (tertiary/aromatic N) is 2. The Kier molecular flexibility index (Phi) is 5.56. The molecule has 0 bridgehead atoms. The number of aliphatic hydroxyl groups is 1. The smallest absolute Gasteiger partial charge is 0.329 e. The van der Waals surface area contributed by atoms with Gasteiger partial charge in [-0.25, -0.2) is 4.79 Å². The molecular formula is C23H24BrN3O6. The number of methoxy groups -OCH3 is 1. The van der Waals surface area contributed by atoms with Crippen LogP contribution >= 0.6 is 15.9 Å². The minimum atomic E-state index is -2.27. The molecule has 3 aliphatic rings. The highest BCUT2D eigenvalue weighted by Crippen LogP contribution is 2.43. The van der Waals surface area contributed by atoms with Crippen molar-refractivity contribution in [2.45, 2.75) is 24.4 Å². The topological polar surface area (TPSA) is 101 Å². The summed E-state index contributed by atoms with van der Waals surface area (Å²) in [6, 6.07) is 11.1. The lowest BCUT2D eigenvalue weighted by molar-refractivity contribution is -0.192. The molecule has 2 fully saturated rings. The number of benzene rings is 2. The van der Waals surface area contributed by atoms with Gasteiger partial charge in [-0.05, 0) is 30.3 Å². The lowest BCUT2D eigenvalue weighted by Gasteiger charge is -2.46. The van der Waals surface area contributed by atoms with Crippen molar-refractivity contribution in [2.24, 2.45) is 0 Å². The summed E-state index contributed by atoms with van der Waals surface area (Å²) in [7, 11) is 1.51. The summed E-state index contributed by atoms with van der Waals surface area (Å²) < 4.78 is 17.5. The van der Waals surface area contributed by atoms with E-state index >= 15 is 0 Å². The van der Waals surface area contributed by atoms with Gasteiger partial charge >= 0.3 is 6.03 Å². The first kappa shape index (κ1) is 22.1. The van der Waals surface area contributed by atoms with Crippen molar-refractivity contribution in [3.8, 4) is 5.75 Å². The van der Waals surface area contributed by atoms with Crippen molar-refractivity contribution >= 4 is 39.2 Å². The van der Waals surface area contributed by atoms with Gasteiger partial charge in [0.25, 0.3) is 11.6 Å². The standard InChI is InChI=1S/C23H24BrN3O6/c1-31-17-4-2-3-16(14-17)27-21(29)25-19-6-5-15(24)13-18(19)23(27,30)20(28)26-9-7-22(8-10-26)32-11-12-33-22/h2-6,13-14,30H,7-12H2,1H3,(H,25,29). The van der Waals surface area contributed by atoms with Crippen LogP contribution < -0.4 is 15.0 Å². The van der Waals surface area contributed by atoms with Gasteiger partial charge in [0.05, 0.1) is 31.7 Å². The summed E-state index contributed by atoms with van der Waals surface area (Å²) >= 11 is 3.42. The van der Waals surface area contributed by atoms with E-state index in [2.05, 4.69) is 21.2 Å². The first-order chi connectivity index (χ1) is 15.9. The maximum Gasteiger partial charge on any atom is 0.329 e. The number of halogens is 1. The molecule has 0 saturated carbocycles. The Balaban J connectivity index is 1.57. The number of carbonyl (C=O) groups excluding carboxylic acids is 2. The minimum Gasteiger partial charge on any atom is -0.497 e. The van der Waals surface area contributed by atoms with Gasteiger partial charge in [-0.15, -0.1) is 0 Å². The molecular weight excluding hydrogens is 494 g/mol. The van der Waals surface area contributed by atoms with Crippen LogP contribution in [0.3, 0.4) is 0 Å². The number of ether oxygens (including phenoxy) is 3. The fraction of sp³-hybridized carbons (Fsp3) is 0.391. The lowest BCUT2D eigenvalue weighted by Crippen LogP contribution is -2.64. The summed E-state index contributed by atoms with van der Waals surface area (Å²) in [6.45, 7) is 1.72. The zero-order valence-electron chi connectivity index (χ0n) is 18.0. The predicted octanol–water partition coefficient (Wildman–Crippen LogP) is 3.02. The van der Waals surface area contributed by atoms with Gasteiger partial charge in [0.2, 0.25) is 0 Å². The second kappa shape index (κ2) is 8.28. The number of nitrogens with one attached hydrogen (secondary N) is 1. The molecule has 0 radical (unpaired) electrons. The van der Waals surface area contributed by atoms with Crippen LogP contribution in [0.25, 0.3) is 0 Å². The van der Waals surface area contributed by atoms with Gasteiger partial charge in [-0.2, -0.15) is 0 Å². The number of hydrogen-bond acceptors (Lipinski definition) is 6. The molecule has 2 saturated heterocycles. The van der Waals surface area contributed by atoms with Crippen molar-refractivity contribution in [1.82, 2.24) is 4.90 Å². The van der Waals surface area contributed by atoms with Gasteiger partial charge < -0.3 is 29.5 Å². The van der Waals surface area contributed by atoms with E-state index in [0.717, 1.165) is 4.90 Å². The summed E-state index contributed by atoms with van der Waals surface area (Å²) in [4.78, 5) is 29.8. The number of amides is 3. The number of likely N-dealkylation sites (tertiary alicyclic amines) is 1. The van der Waals surface area contributed by atoms with E-state index in [4.69, 9.17) is 14.2 Å². The second-order valence-corrected chi connectivity index (χ2v) is 9.14. The normalized spacial score (nSPS) is 23.9. The van der Waals surface area contributed by atoms with Crippen LogP contribution in [0, 0.1) is 0 Å². The highest BCUT2D eigenvalue weighted by Gasteiger charge is 2.55. The van der Waals surface area contributed by atoms with Gasteiger partial charge in [0.1, 0.15) is 5.75 Å². The zero-order chi connectivity index (χ0) is 23.2. The highest BCUT2D eigenvalue weighted by atomic mass is 79.9. The van der Waals surface area contributed by atoms with Crippen LogP contribution in [0.4, 0.5) is 16.2 Å². The first-order valence-corrected chi connectivity index (χ1v) is 11.5. The Hall–Kier alpha value is -2.66. The average Bonchev–Trinajstić information content (AvgIpc) is 3.27. The number of carbonyl (C=O) groups is 2. The summed E-state index contributed by atoms with van der Waals surface area (Å²) in [6.07, 6.45) is 0.983. The minimum absolute atomic E-state index is 0.276. The second-order valence-electron chi connectivity index (χ2n) is 8.23. The Morgan fingerprint density at radius 3 is 2.58 bits per heavy atom. The Bertz CT molecular complexity index is 1100. The van der Waals surface area contributed by atoms with Gasteiger partial charge in [0, 0.05) is 42.0 Å². The van der Waals surface area contributed by atoms with Gasteiger partial charge in [0.15, 0.2) is 5.79 Å². The van der Waals surface area contributed by atoms with Crippen molar-refractivity contribution in [1.29, 1.82) is 0 Å². The SMILES string of the molecule is COc1cccc(N2C(=O)Nc3ccc(Br)cc3C2(O)C(=O)N2CCC3(CC2)OCCO3)c1. The molecule has 174 valence electrons. The monoisotopic (exact) mass is 517 g/mol.